The Hall–Kier alpha value is -1.10. The maximum atomic E-state index is 12.2. The molecule has 1 amide bonds. The highest BCUT2D eigenvalue weighted by atomic mass is 35.5. The molecule has 2 N–H and O–H groups in total. The molecule has 0 saturated carbocycles. The Morgan fingerprint density at radius 3 is 2.71 bits per heavy atom. The van der Waals surface area contributed by atoms with E-state index < -0.39 is 0 Å². The van der Waals surface area contributed by atoms with Crippen molar-refractivity contribution in [2.24, 2.45) is 5.73 Å². The lowest BCUT2D eigenvalue weighted by molar-refractivity contribution is -0.132. The highest BCUT2D eigenvalue weighted by molar-refractivity contribution is 5.85. The molecule has 4 nitrogen and oxygen atoms in total. The van der Waals surface area contributed by atoms with Crippen LogP contribution in [0.1, 0.15) is 37.3 Å². The number of amides is 1. The maximum absolute atomic E-state index is 12.2. The average Bonchev–Trinajstić information content (AvgIpc) is 2.49. The molecule has 1 aromatic carbocycles. The quantitative estimate of drug-likeness (QED) is 0.909. The largest absolute Gasteiger partial charge is 0.376 e. The normalized spacial score (nSPS) is 19.4. The van der Waals surface area contributed by atoms with Crippen molar-refractivity contribution in [3.63, 3.8) is 0 Å². The van der Waals surface area contributed by atoms with Crippen LogP contribution in [0.2, 0.25) is 0 Å². The Balaban J connectivity index is 0.00000220. The van der Waals surface area contributed by atoms with Gasteiger partial charge >= 0.3 is 0 Å². The van der Waals surface area contributed by atoms with Crippen LogP contribution in [-0.2, 0) is 9.53 Å². The van der Waals surface area contributed by atoms with Gasteiger partial charge < -0.3 is 15.4 Å². The van der Waals surface area contributed by atoms with E-state index in [0.717, 1.165) is 25.0 Å². The lowest BCUT2D eigenvalue weighted by atomic mass is 10.0. The summed E-state index contributed by atoms with van der Waals surface area (Å²) in [6, 6.07) is 9.52. The van der Waals surface area contributed by atoms with Gasteiger partial charge in [-0.3, -0.25) is 4.79 Å². The topological polar surface area (TPSA) is 55.6 Å². The van der Waals surface area contributed by atoms with E-state index in [4.69, 9.17) is 10.5 Å². The van der Waals surface area contributed by atoms with Crippen LogP contribution in [0.3, 0.4) is 0 Å². The molecule has 0 radical (unpaired) electrons. The number of benzene rings is 1. The summed E-state index contributed by atoms with van der Waals surface area (Å²) in [6.07, 6.45) is 3.89. The second-order valence-electron chi connectivity index (χ2n) is 5.48. The highest BCUT2D eigenvalue weighted by Crippen LogP contribution is 2.16. The minimum Gasteiger partial charge on any atom is -0.376 e. The third kappa shape index (κ3) is 5.65. The molecule has 2 rings (SSSR count). The van der Waals surface area contributed by atoms with Gasteiger partial charge in [0.2, 0.25) is 5.91 Å². The van der Waals surface area contributed by atoms with Crippen LogP contribution in [0, 0.1) is 0 Å². The number of carbonyl (C=O) groups is 1. The molecule has 1 aliphatic rings. The Morgan fingerprint density at radius 1 is 1.38 bits per heavy atom. The van der Waals surface area contributed by atoms with Gasteiger partial charge in [-0.05, 0) is 24.8 Å². The summed E-state index contributed by atoms with van der Waals surface area (Å²) < 4.78 is 5.66. The number of nitrogens with zero attached hydrogens (tertiary/aromatic N) is 1. The lowest BCUT2D eigenvalue weighted by Gasteiger charge is -2.28. The Morgan fingerprint density at radius 2 is 2.10 bits per heavy atom. The second-order valence-corrected chi connectivity index (χ2v) is 5.48. The second kappa shape index (κ2) is 9.03. The van der Waals surface area contributed by atoms with E-state index in [-0.39, 0.29) is 30.5 Å². The van der Waals surface area contributed by atoms with Crippen LogP contribution >= 0.6 is 12.4 Å². The molecule has 0 aromatic heterocycles. The lowest BCUT2D eigenvalue weighted by Crippen LogP contribution is -2.38. The summed E-state index contributed by atoms with van der Waals surface area (Å²) >= 11 is 0. The van der Waals surface area contributed by atoms with Crippen molar-refractivity contribution in [2.75, 3.05) is 20.2 Å². The molecule has 1 fully saturated rings. The molecule has 5 heteroatoms. The number of hydrogen-bond donors (Lipinski definition) is 1. The number of hydrogen-bond acceptors (Lipinski definition) is 3. The minimum atomic E-state index is -0.238. The number of likely N-dealkylation sites (N-methyl/N-ethyl adjacent to an activating group) is 1. The molecule has 118 valence electrons. The first-order valence-electron chi connectivity index (χ1n) is 7.33. The number of carbonyl (C=O) groups excluding carboxylic acids is 1. The summed E-state index contributed by atoms with van der Waals surface area (Å²) in [5.41, 5.74) is 7.09. The van der Waals surface area contributed by atoms with E-state index >= 15 is 0 Å². The molecule has 1 aliphatic heterocycles. The van der Waals surface area contributed by atoms with Crippen molar-refractivity contribution in [2.45, 2.75) is 37.8 Å². The molecule has 0 aliphatic carbocycles. The summed E-state index contributed by atoms with van der Waals surface area (Å²) in [6.45, 7) is 1.48. The van der Waals surface area contributed by atoms with Gasteiger partial charge in [0.15, 0.2) is 0 Å². The van der Waals surface area contributed by atoms with E-state index in [1.165, 1.54) is 6.42 Å². The molecule has 2 unspecified atom stereocenters. The maximum Gasteiger partial charge on any atom is 0.224 e. The van der Waals surface area contributed by atoms with E-state index in [1.807, 2.05) is 37.4 Å². The molecule has 2 atom stereocenters. The van der Waals surface area contributed by atoms with Crippen molar-refractivity contribution < 1.29 is 9.53 Å². The molecule has 1 heterocycles. The fraction of sp³-hybridized carbons (Fsp3) is 0.562. The summed E-state index contributed by atoms with van der Waals surface area (Å²) in [7, 11) is 1.83. The van der Waals surface area contributed by atoms with Crippen LogP contribution in [0.25, 0.3) is 0 Å². The SMILES string of the molecule is CN(CC1CCCCO1)C(=O)CC(N)c1ccccc1.Cl. The van der Waals surface area contributed by atoms with Crippen LogP contribution in [0.15, 0.2) is 30.3 Å². The van der Waals surface area contributed by atoms with E-state index in [2.05, 4.69) is 0 Å². The van der Waals surface area contributed by atoms with Crippen molar-refractivity contribution in [3.8, 4) is 0 Å². The van der Waals surface area contributed by atoms with Crippen LogP contribution in [0.4, 0.5) is 0 Å². The predicted octanol–water partition coefficient (Wildman–Crippen LogP) is 2.53. The van der Waals surface area contributed by atoms with E-state index in [0.29, 0.717) is 13.0 Å². The van der Waals surface area contributed by atoms with E-state index in [1.54, 1.807) is 4.90 Å². The Kier molecular flexibility index (Phi) is 7.72. The number of ether oxygens (including phenoxy) is 1. The third-order valence-electron chi connectivity index (χ3n) is 3.80. The van der Waals surface area contributed by atoms with Gasteiger partial charge in [0.1, 0.15) is 0 Å². The summed E-state index contributed by atoms with van der Waals surface area (Å²) in [5.74, 6) is 0.0792. The number of nitrogens with two attached hydrogens (primary N) is 1. The van der Waals surface area contributed by atoms with Gasteiger partial charge in [-0.25, -0.2) is 0 Å². The molecule has 0 spiro atoms. The van der Waals surface area contributed by atoms with Crippen molar-refractivity contribution in [1.82, 2.24) is 4.90 Å². The van der Waals surface area contributed by atoms with Gasteiger partial charge in [-0.15, -0.1) is 12.4 Å². The van der Waals surface area contributed by atoms with Crippen LogP contribution in [0.5, 0.6) is 0 Å². The van der Waals surface area contributed by atoms with Crippen molar-refractivity contribution in [3.05, 3.63) is 35.9 Å². The standard InChI is InChI=1S/C16H24N2O2.ClH/c1-18(12-14-9-5-6-10-20-14)16(19)11-15(17)13-7-3-2-4-8-13;/h2-4,7-8,14-15H,5-6,9-12,17H2,1H3;1H. The molecule has 1 saturated heterocycles. The predicted molar refractivity (Wildman–Crippen MR) is 86.5 cm³/mol. The third-order valence-corrected chi connectivity index (χ3v) is 3.80. The van der Waals surface area contributed by atoms with Gasteiger partial charge in [0, 0.05) is 32.7 Å². The zero-order valence-corrected chi connectivity index (χ0v) is 13.3. The molecular weight excluding hydrogens is 288 g/mol. The van der Waals surface area contributed by atoms with Gasteiger partial charge in [-0.2, -0.15) is 0 Å². The van der Waals surface area contributed by atoms with Gasteiger partial charge in [0.25, 0.3) is 0 Å². The van der Waals surface area contributed by atoms with Crippen LogP contribution in [-0.4, -0.2) is 37.1 Å². The first-order chi connectivity index (χ1) is 9.66. The van der Waals surface area contributed by atoms with Gasteiger partial charge in [0.05, 0.1) is 6.10 Å². The average molecular weight is 313 g/mol. The minimum absolute atomic E-state index is 0. The first kappa shape index (κ1) is 18.0. The highest BCUT2D eigenvalue weighted by Gasteiger charge is 2.20. The fourth-order valence-electron chi connectivity index (χ4n) is 2.52. The monoisotopic (exact) mass is 312 g/mol. The number of halogens is 1. The summed E-state index contributed by atoms with van der Waals surface area (Å²) in [5, 5.41) is 0. The van der Waals surface area contributed by atoms with Crippen molar-refractivity contribution in [1.29, 1.82) is 0 Å². The first-order valence-corrected chi connectivity index (χ1v) is 7.33. The molecule has 21 heavy (non-hydrogen) atoms. The van der Waals surface area contributed by atoms with E-state index in [9.17, 15) is 4.79 Å². The Bertz CT molecular complexity index is 422. The zero-order valence-electron chi connectivity index (χ0n) is 12.5. The zero-order chi connectivity index (χ0) is 14.4. The molecular formula is C16H25ClN2O2. The smallest absolute Gasteiger partial charge is 0.224 e. The Labute approximate surface area is 133 Å². The fourth-order valence-corrected chi connectivity index (χ4v) is 2.52. The van der Waals surface area contributed by atoms with Gasteiger partial charge in [-0.1, -0.05) is 30.3 Å². The molecule has 1 aromatic rings. The van der Waals surface area contributed by atoms with Crippen molar-refractivity contribution >= 4 is 18.3 Å². The number of rotatable bonds is 5. The summed E-state index contributed by atoms with van der Waals surface area (Å²) in [4.78, 5) is 13.9. The molecule has 0 bridgehead atoms. The van der Waals surface area contributed by atoms with Crippen LogP contribution < -0.4 is 5.73 Å².